The maximum absolute atomic E-state index is 10.5. The summed E-state index contributed by atoms with van der Waals surface area (Å²) >= 11 is 1.60. The van der Waals surface area contributed by atoms with Crippen LogP contribution in [0, 0.1) is 0 Å². The molecule has 0 bridgehead atoms. The third kappa shape index (κ3) is 3.52. The molecule has 2 nitrogen and oxygen atoms in total. The van der Waals surface area contributed by atoms with Gasteiger partial charge in [0, 0.05) is 10.6 Å². The normalized spacial score (nSPS) is 13.8. The second-order valence-electron chi connectivity index (χ2n) is 4.58. The molecule has 0 amide bonds. The molecule has 0 fully saturated rings. The molecule has 0 radical (unpaired) electrons. The second kappa shape index (κ2) is 6.13. The summed E-state index contributed by atoms with van der Waals surface area (Å²) in [4.78, 5) is 1.04. The summed E-state index contributed by atoms with van der Waals surface area (Å²) < 4.78 is 5.31. The lowest BCUT2D eigenvalue weighted by Crippen LogP contribution is -2.24. The third-order valence-corrected chi connectivity index (χ3v) is 4.33. The van der Waals surface area contributed by atoms with Crippen molar-refractivity contribution < 1.29 is 9.84 Å². The van der Waals surface area contributed by atoms with Crippen LogP contribution in [0.15, 0.2) is 59.5 Å². The van der Waals surface area contributed by atoms with Gasteiger partial charge in [0.1, 0.15) is 5.75 Å². The zero-order valence-electron chi connectivity index (χ0n) is 11.2. The van der Waals surface area contributed by atoms with Gasteiger partial charge in [0.25, 0.3) is 0 Å². The predicted octanol–water partition coefficient (Wildman–Crippen LogP) is 3.70. The minimum atomic E-state index is -0.854. The number of hydrogen-bond donors (Lipinski definition) is 1. The molecular weight excluding hydrogens is 256 g/mol. The molecule has 3 heteroatoms. The molecule has 1 unspecified atom stereocenters. The summed E-state index contributed by atoms with van der Waals surface area (Å²) in [5.41, 5.74) is 0.0738. The fourth-order valence-electron chi connectivity index (χ4n) is 1.84. The van der Waals surface area contributed by atoms with E-state index < -0.39 is 5.60 Å². The number of benzene rings is 2. The van der Waals surface area contributed by atoms with Crippen molar-refractivity contribution in [3.05, 3.63) is 60.2 Å². The number of methoxy groups -OCH3 is 1. The van der Waals surface area contributed by atoms with Crippen LogP contribution in [0.25, 0.3) is 0 Å². The Bertz CT molecular complexity index is 523. The molecule has 2 aromatic rings. The summed E-state index contributed by atoms with van der Waals surface area (Å²) in [5.74, 6) is 1.42. The molecule has 0 saturated carbocycles. The highest BCUT2D eigenvalue weighted by Crippen LogP contribution is 2.34. The van der Waals surface area contributed by atoms with Gasteiger partial charge in [-0.15, -0.1) is 11.8 Å². The van der Waals surface area contributed by atoms with Gasteiger partial charge in [-0.25, -0.2) is 0 Å². The van der Waals surface area contributed by atoms with Crippen molar-refractivity contribution in [2.75, 3.05) is 12.9 Å². The fraction of sp³-hybridized carbons (Fsp3) is 0.250. The molecule has 0 aliphatic rings. The Morgan fingerprint density at radius 3 is 2.37 bits per heavy atom. The van der Waals surface area contributed by atoms with Crippen LogP contribution in [0.4, 0.5) is 0 Å². The van der Waals surface area contributed by atoms with Gasteiger partial charge in [-0.3, -0.25) is 0 Å². The van der Waals surface area contributed by atoms with Crippen LogP contribution in [0.5, 0.6) is 5.75 Å². The second-order valence-corrected chi connectivity index (χ2v) is 5.60. The number of ether oxygens (including phenoxy) is 1. The Hall–Kier alpha value is -1.45. The molecular formula is C16H18O2S. The number of para-hydroxylation sites is 1. The van der Waals surface area contributed by atoms with E-state index in [0.29, 0.717) is 5.75 Å². The van der Waals surface area contributed by atoms with E-state index in [-0.39, 0.29) is 0 Å². The standard InChI is InChI=1S/C16H18O2S/c1-16(17,13-8-4-3-5-9-13)12-19-15-11-7-6-10-14(15)18-2/h3-11,17H,12H2,1-2H3. The molecule has 2 rings (SSSR count). The predicted molar refractivity (Wildman–Crippen MR) is 79.7 cm³/mol. The van der Waals surface area contributed by atoms with Crippen LogP contribution in [0.1, 0.15) is 12.5 Å². The molecule has 1 atom stereocenters. The monoisotopic (exact) mass is 274 g/mol. The molecule has 19 heavy (non-hydrogen) atoms. The quantitative estimate of drug-likeness (QED) is 0.843. The zero-order valence-corrected chi connectivity index (χ0v) is 12.0. The van der Waals surface area contributed by atoms with Gasteiger partial charge in [0.15, 0.2) is 0 Å². The van der Waals surface area contributed by atoms with E-state index in [1.54, 1.807) is 18.9 Å². The molecule has 0 heterocycles. The van der Waals surface area contributed by atoms with Crippen molar-refractivity contribution in [1.82, 2.24) is 0 Å². The van der Waals surface area contributed by atoms with Crippen LogP contribution in [-0.4, -0.2) is 18.0 Å². The van der Waals surface area contributed by atoms with E-state index in [2.05, 4.69) is 0 Å². The first kappa shape index (κ1) is 14.0. The van der Waals surface area contributed by atoms with Crippen molar-refractivity contribution in [1.29, 1.82) is 0 Å². The van der Waals surface area contributed by atoms with E-state index in [0.717, 1.165) is 16.2 Å². The van der Waals surface area contributed by atoms with Gasteiger partial charge in [0.2, 0.25) is 0 Å². The van der Waals surface area contributed by atoms with E-state index in [1.807, 2.05) is 61.5 Å². The maximum atomic E-state index is 10.5. The molecule has 1 N–H and O–H groups in total. The highest BCUT2D eigenvalue weighted by atomic mass is 32.2. The summed E-state index contributed by atoms with van der Waals surface area (Å²) in [6.45, 7) is 1.84. The van der Waals surface area contributed by atoms with Gasteiger partial charge in [-0.05, 0) is 24.6 Å². The van der Waals surface area contributed by atoms with E-state index in [1.165, 1.54) is 0 Å². The SMILES string of the molecule is COc1ccccc1SCC(C)(O)c1ccccc1. The van der Waals surface area contributed by atoms with Crippen LogP contribution in [0.3, 0.4) is 0 Å². The maximum Gasteiger partial charge on any atom is 0.132 e. The van der Waals surface area contributed by atoms with Gasteiger partial charge in [0.05, 0.1) is 12.7 Å². The van der Waals surface area contributed by atoms with Crippen LogP contribution < -0.4 is 4.74 Å². The van der Waals surface area contributed by atoms with Crippen LogP contribution in [0.2, 0.25) is 0 Å². The molecule has 100 valence electrons. The van der Waals surface area contributed by atoms with Crippen LogP contribution in [-0.2, 0) is 5.60 Å². The van der Waals surface area contributed by atoms with E-state index >= 15 is 0 Å². The Morgan fingerprint density at radius 1 is 1.05 bits per heavy atom. The Morgan fingerprint density at radius 2 is 1.68 bits per heavy atom. The van der Waals surface area contributed by atoms with Gasteiger partial charge in [-0.2, -0.15) is 0 Å². The Labute approximate surface area is 118 Å². The highest BCUT2D eigenvalue weighted by Gasteiger charge is 2.23. The summed E-state index contributed by atoms with van der Waals surface area (Å²) in [6.07, 6.45) is 0. The minimum absolute atomic E-state index is 0.581. The number of rotatable bonds is 5. The largest absolute Gasteiger partial charge is 0.496 e. The first-order valence-electron chi connectivity index (χ1n) is 6.17. The van der Waals surface area contributed by atoms with Gasteiger partial charge < -0.3 is 9.84 Å². The smallest absolute Gasteiger partial charge is 0.132 e. The number of aliphatic hydroxyl groups is 1. The van der Waals surface area contributed by atoms with Crippen molar-refractivity contribution in [3.8, 4) is 5.75 Å². The Balaban J connectivity index is 2.10. The van der Waals surface area contributed by atoms with Gasteiger partial charge >= 0.3 is 0 Å². The van der Waals surface area contributed by atoms with E-state index in [4.69, 9.17) is 4.74 Å². The average molecular weight is 274 g/mol. The average Bonchev–Trinajstić information content (AvgIpc) is 2.46. The highest BCUT2D eigenvalue weighted by molar-refractivity contribution is 7.99. The van der Waals surface area contributed by atoms with Gasteiger partial charge in [-0.1, -0.05) is 42.5 Å². The molecule has 0 aromatic heterocycles. The fourth-order valence-corrected chi connectivity index (χ4v) is 2.91. The lowest BCUT2D eigenvalue weighted by molar-refractivity contribution is 0.0839. The molecule has 0 spiro atoms. The minimum Gasteiger partial charge on any atom is -0.496 e. The van der Waals surface area contributed by atoms with Crippen molar-refractivity contribution >= 4 is 11.8 Å². The molecule has 0 aliphatic carbocycles. The Kier molecular flexibility index (Phi) is 4.51. The zero-order chi connectivity index (χ0) is 13.7. The lowest BCUT2D eigenvalue weighted by atomic mass is 9.99. The van der Waals surface area contributed by atoms with Crippen molar-refractivity contribution in [3.63, 3.8) is 0 Å². The first-order chi connectivity index (χ1) is 9.13. The topological polar surface area (TPSA) is 29.5 Å². The van der Waals surface area contributed by atoms with E-state index in [9.17, 15) is 5.11 Å². The third-order valence-electron chi connectivity index (χ3n) is 2.97. The summed E-state index contributed by atoms with van der Waals surface area (Å²) in [5, 5.41) is 10.5. The first-order valence-corrected chi connectivity index (χ1v) is 7.16. The lowest BCUT2D eigenvalue weighted by Gasteiger charge is -2.23. The van der Waals surface area contributed by atoms with Crippen molar-refractivity contribution in [2.45, 2.75) is 17.4 Å². The van der Waals surface area contributed by atoms with Crippen LogP contribution >= 0.6 is 11.8 Å². The number of thioether (sulfide) groups is 1. The molecule has 0 aliphatic heterocycles. The number of hydrogen-bond acceptors (Lipinski definition) is 3. The summed E-state index contributed by atoms with van der Waals surface area (Å²) in [6, 6.07) is 17.6. The molecule has 0 saturated heterocycles. The molecule has 2 aromatic carbocycles. The van der Waals surface area contributed by atoms with Crippen molar-refractivity contribution in [2.24, 2.45) is 0 Å². The summed E-state index contributed by atoms with van der Waals surface area (Å²) in [7, 11) is 1.66.